The van der Waals surface area contributed by atoms with E-state index in [2.05, 4.69) is 5.32 Å². The van der Waals surface area contributed by atoms with Gasteiger partial charge in [-0.1, -0.05) is 26.8 Å². The first-order chi connectivity index (χ1) is 11.6. The highest BCUT2D eigenvalue weighted by molar-refractivity contribution is 5.82. The van der Waals surface area contributed by atoms with E-state index >= 15 is 0 Å². The Morgan fingerprint density at radius 2 is 1.64 bits per heavy atom. The van der Waals surface area contributed by atoms with Crippen molar-refractivity contribution < 1.29 is 18.4 Å². The van der Waals surface area contributed by atoms with Gasteiger partial charge in [0, 0.05) is 43.2 Å². The average molecular weight is 353 g/mol. The van der Waals surface area contributed by atoms with Gasteiger partial charge in [-0.3, -0.25) is 4.79 Å². The summed E-state index contributed by atoms with van der Waals surface area (Å²) in [7, 11) is 0. The minimum absolute atomic E-state index is 0.0642. The SMILES string of the molecule is CC(NC(=O)N1CCN(C(=O)C(C)(C)C)CC1)c1ccc(F)cc1F. The Balaban J connectivity index is 1.91. The van der Waals surface area contributed by atoms with Crippen molar-refractivity contribution in [1.29, 1.82) is 0 Å². The molecule has 7 heteroatoms. The molecule has 25 heavy (non-hydrogen) atoms. The van der Waals surface area contributed by atoms with E-state index in [-0.39, 0.29) is 17.5 Å². The topological polar surface area (TPSA) is 52.7 Å². The Hall–Kier alpha value is -2.18. The molecule has 0 spiro atoms. The van der Waals surface area contributed by atoms with Gasteiger partial charge in [0.25, 0.3) is 0 Å². The van der Waals surface area contributed by atoms with Gasteiger partial charge in [-0.15, -0.1) is 0 Å². The lowest BCUT2D eigenvalue weighted by Crippen LogP contribution is -2.55. The summed E-state index contributed by atoms with van der Waals surface area (Å²) in [6, 6.07) is 2.39. The predicted molar refractivity (Wildman–Crippen MR) is 90.9 cm³/mol. The van der Waals surface area contributed by atoms with Crippen LogP contribution in [0.1, 0.15) is 39.3 Å². The molecule has 1 aromatic rings. The first-order valence-corrected chi connectivity index (χ1v) is 8.39. The van der Waals surface area contributed by atoms with Crippen LogP contribution >= 0.6 is 0 Å². The third kappa shape index (κ3) is 4.67. The van der Waals surface area contributed by atoms with Gasteiger partial charge in [0.2, 0.25) is 5.91 Å². The molecule has 1 aliphatic rings. The summed E-state index contributed by atoms with van der Waals surface area (Å²) in [5.41, 5.74) is -0.213. The molecule has 1 aliphatic heterocycles. The number of urea groups is 1. The number of rotatable bonds is 2. The first kappa shape index (κ1) is 19.1. The first-order valence-electron chi connectivity index (χ1n) is 8.39. The molecule has 1 unspecified atom stereocenters. The maximum absolute atomic E-state index is 13.8. The molecule has 1 saturated heterocycles. The number of nitrogens with zero attached hydrogens (tertiary/aromatic N) is 2. The summed E-state index contributed by atoms with van der Waals surface area (Å²) in [5.74, 6) is -1.28. The van der Waals surface area contributed by atoms with E-state index in [1.165, 1.54) is 6.07 Å². The van der Waals surface area contributed by atoms with Crippen LogP contribution in [0.25, 0.3) is 0 Å². The molecule has 0 radical (unpaired) electrons. The Kier molecular flexibility index (Phi) is 5.65. The van der Waals surface area contributed by atoms with Crippen LogP contribution in [0.3, 0.4) is 0 Å². The highest BCUT2D eigenvalue weighted by Crippen LogP contribution is 2.20. The van der Waals surface area contributed by atoms with Gasteiger partial charge in [-0.2, -0.15) is 0 Å². The molecule has 2 rings (SSSR count). The Labute approximate surface area is 147 Å². The zero-order valence-corrected chi connectivity index (χ0v) is 15.1. The number of benzene rings is 1. The van der Waals surface area contributed by atoms with Crippen LogP contribution < -0.4 is 5.32 Å². The number of hydrogen-bond acceptors (Lipinski definition) is 2. The summed E-state index contributed by atoms with van der Waals surface area (Å²) >= 11 is 0. The molecule has 0 bridgehead atoms. The standard InChI is InChI=1S/C18H25F2N3O2/c1-12(14-6-5-13(19)11-15(14)20)21-17(25)23-9-7-22(8-10-23)16(24)18(2,3)4/h5-6,11-12H,7-10H2,1-4H3,(H,21,25). The minimum atomic E-state index is -0.687. The van der Waals surface area contributed by atoms with Crippen molar-refractivity contribution in [3.05, 3.63) is 35.4 Å². The van der Waals surface area contributed by atoms with Crippen LogP contribution in [0.4, 0.5) is 13.6 Å². The quantitative estimate of drug-likeness (QED) is 0.889. The maximum Gasteiger partial charge on any atom is 0.317 e. The number of carbonyl (C=O) groups excluding carboxylic acids is 2. The van der Waals surface area contributed by atoms with E-state index in [1.807, 2.05) is 20.8 Å². The molecular formula is C18H25F2N3O2. The van der Waals surface area contributed by atoms with E-state index < -0.39 is 23.1 Å². The third-order valence-electron chi connectivity index (χ3n) is 4.26. The number of piperazine rings is 1. The summed E-state index contributed by atoms with van der Waals surface area (Å²) in [6.45, 7) is 9.05. The van der Waals surface area contributed by atoms with Crippen LogP contribution in [0.2, 0.25) is 0 Å². The van der Waals surface area contributed by atoms with Gasteiger partial charge in [-0.25, -0.2) is 13.6 Å². The fraction of sp³-hybridized carbons (Fsp3) is 0.556. The number of hydrogen-bond donors (Lipinski definition) is 1. The molecule has 1 fully saturated rings. The third-order valence-corrected chi connectivity index (χ3v) is 4.26. The highest BCUT2D eigenvalue weighted by Gasteiger charge is 2.31. The van der Waals surface area contributed by atoms with Gasteiger partial charge in [0.15, 0.2) is 0 Å². The Morgan fingerprint density at radius 3 is 2.16 bits per heavy atom. The van der Waals surface area contributed by atoms with Gasteiger partial charge in [-0.05, 0) is 13.0 Å². The fourth-order valence-corrected chi connectivity index (χ4v) is 2.79. The van der Waals surface area contributed by atoms with Crippen molar-refractivity contribution in [3.8, 4) is 0 Å². The van der Waals surface area contributed by atoms with Crippen molar-refractivity contribution >= 4 is 11.9 Å². The van der Waals surface area contributed by atoms with E-state index in [4.69, 9.17) is 0 Å². The molecule has 0 aliphatic carbocycles. The molecule has 1 heterocycles. The summed E-state index contributed by atoms with van der Waals surface area (Å²) in [6.07, 6.45) is 0. The lowest BCUT2D eigenvalue weighted by atomic mass is 9.94. The van der Waals surface area contributed by atoms with Crippen molar-refractivity contribution in [2.45, 2.75) is 33.7 Å². The molecule has 3 amide bonds. The molecule has 1 N–H and O–H groups in total. The maximum atomic E-state index is 13.8. The van der Waals surface area contributed by atoms with Crippen LogP contribution in [0.15, 0.2) is 18.2 Å². The summed E-state index contributed by atoms with van der Waals surface area (Å²) < 4.78 is 26.8. The van der Waals surface area contributed by atoms with Crippen LogP contribution in [-0.2, 0) is 4.79 Å². The normalized spacial score (nSPS) is 16.6. The molecule has 1 atom stereocenters. The van der Waals surface area contributed by atoms with Crippen LogP contribution in [0, 0.1) is 17.0 Å². The molecule has 0 aromatic heterocycles. The Bertz CT molecular complexity index is 650. The highest BCUT2D eigenvalue weighted by atomic mass is 19.1. The van der Waals surface area contributed by atoms with E-state index in [0.717, 1.165) is 12.1 Å². The van der Waals surface area contributed by atoms with Crippen molar-refractivity contribution in [3.63, 3.8) is 0 Å². The van der Waals surface area contributed by atoms with Crippen LogP contribution in [0.5, 0.6) is 0 Å². The van der Waals surface area contributed by atoms with Gasteiger partial charge in [0.1, 0.15) is 11.6 Å². The lowest BCUT2D eigenvalue weighted by molar-refractivity contribution is -0.140. The minimum Gasteiger partial charge on any atom is -0.339 e. The van der Waals surface area contributed by atoms with Crippen LogP contribution in [-0.4, -0.2) is 47.9 Å². The predicted octanol–water partition coefficient (Wildman–Crippen LogP) is 2.93. The second kappa shape index (κ2) is 7.37. The number of carbonyl (C=O) groups is 2. The van der Waals surface area contributed by atoms with E-state index in [0.29, 0.717) is 26.2 Å². The number of amides is 3. The second-order valence-corrected chi connectivity index (χ2v) is 7.37. The zero-order chi connectivity index (χ0) is 18.8. The largest absolute Gasteiger partial charge is 0.339 e. The van der Waals surface area contributed by atoms with Crippen molar-refractivity contribution in [1.82, 2.24) is 15.1 Å². The summed E-state index contributed by atoms with van der Waals surface area (Å²) in [5, 5.41) is 2.72. The van der Waals surface area contributed by atoms with Crippen molar-refractivity contribution in [2.24, 2.45) is 5.41 Å². The molecule has 5 nitrogen and oxygen atoms in total. The van der Waals surface area contributed by atoms with E-state index in [9.17, 15) is 18.4 Å². The van der Waals surface area contributed by atoms with Gasteiger partial charge < -0.3 is 15.1 Å². The molecular weight excluding hydrogens is 328 g/mol. The lowest BCUT2D eigenvalue weighted by Gasteiger charge is -2.38. The fourth-order valence-electron chi connectivity index (χ4n) is 2.79. The zero-order valence-electron chi connectivity index (χ0n) is 15.1. The van der Waals surface area contributed by atoms with Gasteiger partial charge >= 0.3 is 6.03 Å². The summed E-state index contributed by atoms with van der Waals surface area (Å²) in [4.78, 5) is 28.0. The monoisotopic (exact) mass is 353 g/mol. The molecule has 0 saturated carbocycles. The smallest absolute Gasteiger partial charge is 0.317 e. The molecule has 138 valence electrons. The average Bonchev–Trinajstić information content (AvgIpc) is 2.53. The second-order valence-electron chi connectivity index (χ2n) is 7.37. The molecule has 1 aromatic carbocycles. The van der Waals surface area contributed by atoms with E-state index in [1.54, 1.807) is 16.7 Å². The van der Waals surface area contributed by atoms with Crippen molar-refractivity contribution in [2.75, 3.05) is 26.2 Å². The Morgan fingerprint density at radius 1 is 1.08 bits per heavy atom. The van der Waals surface area contributed by atoms with Gasteiger partial charge in [0.05, 0.1) is 6.04 Å². The number of halogens is 2. The number of nitrogens with one attached hydrogen (secondary N) is 1.